The summed E-state index contributed by atoms with van der Waals surface area (Å²) in [4.78, 5) is 12.9. The third-order valence-corrected chi connectivity index (χ3v) is 8.89. The van der Waals surface area contributed by atoms with Crippen LogP contribution in [0.3, 0.4) is 0 Å². The molecule has 39 heavy (non-hydrogen) atoms. The summed E-state index contributed by atoms with van der Waals surface area (Å²) in [5.74, 6) is -0.661. The number of halogens is 4. The number of aromatic nitrogens is 1. The summed E-state index contributed by atoms with van der Waals surface area (Å²) in [6.45, 7) is 3.25. The molecule has 0 aliphatic rings. The van der Waals surface area contributed by atoms with E-state index in [0.29, 0.717) is 10.0 Å². The third-order valence-electron chi connectivity index (χ3n) is 5.82. The SMILES string of the molecule is Cc1cc(/C=N\NC(=O)CN(c2ccc(Cl)c(Cl)c2)S(=O)(=O)c2ccccc2)c(C)n1-c1ccc(Cl)cc1Cl. The van der Waals surface area contributed by atoms with Gasteiger partial charge in [-0.3, -0.25) is 9.10 Å². The molecule has 0 radical (unpaired) electrons. The number of carbonyl (C=O) groups excluding carboxylic acids is 1. The molecule has 0 spiro atoms. The zero-order chi connectivity index (χ0) is 28.3. The summed E-state index contributed by atoms with van der Waals surface area (Å²) < 4.78 is 29.8. The molecule has 0 saturated carbocycles. The van der Waals surface area contributed by atoms with Gasteiger partial charge in [-0.25, -0.2) is 13.8 Å². The Bertz CT molecular complexity index is 1670. The normalized spacial score (nSPS) is 11.6. The van der Waals surface area contributed by atoms with Crippen LogP contribution in [0.4, 0.5) is 5.69 Å². The number of aryl methyl sites for hydroxylation is 1. The Kier molecular flexibility index (Phi) is 8.93. The van der Waals surface area contributed by atoms with E-state index < -0.39 is 22.5 Å². The van der Waals surface area contributed by atoms with Crippen molar-refractivity contribution < 1.29 is 13.2 Å². The fourth-order valence-electron chi connectivity index (χ4n) is 3.97. The van der Waals surface area contributed by atoms with Gasteiger partial charge in [0.1, 0.15) is 6.54 Å². The van der Waals surface area contributed by atoms with Crippen molar-refractivity contribution >= 4 is 74.2 Å². The molecule has 0 bridgehead atoms. The first-order valence-corrected chi connectivity index (χ1v) is 14.4. The van der Waals surface area contributed by atoms with Crippen molar-refractivity contribution in [1.82, 2.24) is 9.99 Å². The van der Waals surface area contributed by atoms with Crippen molar-refractivity contribution in [2.45, 2.75) is 18.7 Å². The molecule has 7 nitrogen and oxygen atoms in total. The third kappa shape index (κ3) is 6.42. The van der Waals surface area contributed by atoms with E-state index in [2.05, 4.69) is 10.5 Å². The Labute approximate surface area is 246 Å². The lowest BCUT2D eigenvalue weighted by atomic mass is 10.2. The van der Waals surface area contributed by atoms with Crippen LogP contribution in [0.25, 0.3) is 5.69 Å². The van der Waals surface area contributed by atoms with Gasteiger partial charge in [0.15, 0.2) is 0 Å². The molecule has 3 aromatic carbocycles. The van der Waals surface area contributed by atoms with E-state index in [0.717, 1.165) is 26.9 Å². The van der Waals surface area contributed by atoms with E-state index in [1.54, 1.807) is 30.3 Å². The summed E-state index contributed by atoms with van der Waals surface area (Å²) in [5.41, 5.74) is 5.80. The number of nitrogens with one attached hydrogen (secondary N) is 1. The van der Waals surface area contributed by atoms with Crippen molar-refractivity contribution in [2.24, 2.45) is 5.10 Å². The minimum Gasteiger partial charge on any atom is -0.316 e. The molecule has 0 saturated heterocycles. The van der Waals surface area contributed by atoms with E-state index in [4.69, 9.17) is 46.4 Å². The highest BCUT2D eigenvalue weighted by molar-refractivity contribution is 7.92. The average molecular weight is 624 g/mol. The number of hydrogen-bond donors (Lipinski definition) is 1. The Hall–Kier alpha value is -3.01. The molecule has 0 unspecified atom stereocenters. The maximum Gasteiger partial charge on any atom is 0.264 e. The Morgan fingerprint density at radius 2 is 1.64 bits per heavy atom. The lowest BCUT2D eigenvalue weighted by molar-refractivity contribution is -0.119. The number of benzene rings is 3. The van der Waals surface area contributed by atoms with Crippen LogP contribution in [-0.2, 0) is 14.8 Å². The number of rotatable bonds is 8. The maximum absolute atomic E-state index is 13.4. The largest absolute Gasteiger partial charge is 0.316 e. The molecule has 0 atom stereocenters. The molecule has 1 amide bonds. The number of amides is 1. The molecule has 4 aromatic rings. The Balaban J connectivity index is 1.57. The number of carbonyl (C=O) groups is 1. The molecule has 1 aromatic heterocycles. The lowest BCUT2D eigenvalue weighted by Gasteiger charge is -2.24. The molecule has 1 heterocycles. The van der Waals surface area contributed by atoms with Gasteiger partial charge in [-0.2, -0.15) is 5.10 Å². The second-order valence-corrected chi connectivity index (χ2v) is 12.0. The van der Waals surface area contributed by atoms with Crippen LogP contribution in [0.15, 0.2) is 82.8 Å². The van der Waals surface area contributed by atoms with E-state index in [9.17, 15) is 13.2 Å². The zero-order valence-corrected chi connectivity index (χ0v) is 24.5. The fraction of sp³-hybridized carbons (Fsp3) is 0.111. The van der Waals surface area contributed by atoms with Crippen LogP contribution < -0.4 is 9.73 Å². The highest BCUT2D eigenvalue weighted by Gasteiger charge is 2.27. The molecule has 12 heteroatoms. The van der Waals surface area contributed by atoms with Crippen LogP contribution in [0.5, 0.6) is 0 Å². The predicted octanol–water partition coefficient (Wildman–Crippen LogP) is 7.05. The van der Waals surface area contributed by atoms with Crippen LogP contribution >= 0.6 is 46.4 Å². The monoisotopic (exact) mass is 622 g/mol. The van der Waals surface area contributed by atoms with Crippen molar-refractivity contribution in [3.8, 4) is 5.69 Å². The van der Waals surface area contributed by atoms with Gasteiger partial charge in [0.05, 0.1) is 37.6 Å². The van der Waals surface area contributed by atoms with E-state index in [1.165, 1.54) is 36.5 Å². The van der Waals surface area contributed by atoms with Crippen LogP contribution in [0.2, 0.25) is 20.1 Å². The Morgan fingerprint density at radius 3 is 2.31 bits per heavy atom. The van der Waals surface area contributed by atoms with Gasteiger partial charge in [0.2, 0.25) is 0 Å². The van der Waals surface area contributed by atoms with Crippen molar-refractivity contribution in [3.63, 3.8) is 0 Å². The fourth-order valence-corrected chi connectivity index (χ4v) is 6.19. The highest BCUT2D eigenvalue weighted by atomic mass is 35.5. The van der Waals surface area contributed by atoms with Gasteiger partial charge >= 0.3 is 0 Å². The summed E-state index contributed by atoms with van der Waals surface area (Å²) in [6, 6.07) is 19.2. The van der Waals surface area contributed by atoms with E-state index in [-0.39, 0.29) is 20.6 Å². The minimum absolute atomic E-state index is 0.0145. The van der Waals surface area contributed by atoms with Gasteiger partial charge in [0.25, 0.3) is 15.9 Å². The van der Waals surface area contributed by atoms with E-state index >= 15 is 0 Å². The number of hydrogen-bond acceptors (Lipinski definition) is 4. The second kappa shape index (κ2) is 12.0. The molecule has 0 aliphatic heterocycles. The molecule has 4 rings (SSSR count). The summed E-state index contributed by atoms with van der Waals surface area (Å²) in [7, 11) is -4.11. The molecular formula is C27H22Cl4N4O3S. The van der Waals surface area contributed by atoms with Gasteiger partial charge in [-0.05, 0) is 68.4 Å². The van der Waals surface area contributed by atoms with Crippen LogP contribution in [0, 0.1) is 13.8 Å². The standard InChI is InChI=1S/C27H22Cl4N4O3S/c1-17-12-19(18(2)35(17)26-11-8-20(28)13-25(26)31)15-32-33-27(36)16-34(21-9-10-23(29)24(30)14-21)39(37,38)22-6-4-3-5-7-22/h3-15H,16H2,1-2H3,(H,33,36)/b32-15-. The van der Waals surface area contributed by atoms with Crippen molar-refractivity contribution in [2.75, 3.05) is 10.8 Å². The van der Waals surface area contributed by atoms with Gasteiger partial charge in [0, 0.05) is 22.0 Å². The molecule has 1 N–H and O–H groups in total. The summed E-state index contributed by atoms with van der Waals surface area (Å²) >= 11 is 24.6. The topological polar surface area (TPSA) is 83.8 Å². The number of nitrogens with zero attached hydrogens (tertiary/aromatic N) is 3. The lowest BCUT2D eigenvalue weighted by Crippen LogP contribution is -2.39. The van der Waals surface area contributed by atoms with Crippen LogP contribution in [0.1, 0.15) is 17.0 Å². The Morgan fingerprint density at radius 1 is 0.923 bits per heavy atom. The predicted molar refractivity (Wildman–Crippen MR) is 158 cm³/mol. The smallest absolute Gasteiger partial charge is 0.264 e. The summed E-state index contributed by atoms with van der Waals surface area (Å²) in [5, 5.41) is 5.48. The quantitative estimate of drug-likeness (QED) is 0.169. The molecule has 202 valence electrons. The maximum atomic E-state index is 13.4. The zero-order valence-electron chi connectivity index (χ0n) is 20.7. The second-order valence-electron chi connectivity index (χ2n) is 8.47. The number of sulfonamides is 1. The first kappa shape index (κ1) is 29.0. The molecule has 0 fully saturated rings. The number of anilines is 1. The van der Waals surface area contributed by atoms with Gasteiger partial charge in [-0.15, -0.1) is 0 Å². The van der Waals surface area contributed by atoms with E-state index in [1.807, 2.05) is 30.5 Å². The molecular weight excluding hydrogens is 602 g/mol. The van der Waals surface area contributed by atoms with Gasteiger partial charge < -0.3 is 4.57 Å². The molecule has 0 aliphatic carbocycles. The minimum atomic E-state index is -4.11. The first-order chi connectivity index (χ1) is 18.5. The van der Waals surface area contributed by atoms with Crippen molar-refractivity contribution in [1.29, 1.82) is 0 Å². The highest BCUT2D eigenvalue weighted by Crippen LogP contribution is 2.31. The number of hydrazone groups is 1. The van der Waals surface area contributed by atoms with Gasteiger partial charge in [-0.1, -0.05) is 64.6 Å². The first-order valence-electron chi connectivity index (χ1n) is 11.5. The van der Waals surface area contributed by atoms with Crippen LogP contribution in [-0.4, -0.2) is 31.7 Å². The average Bonchev–Trinajstić information content (AvgIpc) is 3.17. The van der Waals surface area contributed by atoms with Crippen molar-refractivity contribution in [3.05, 3.63) is 110 Å². The summed E-state index contributed by atoms with van der Waals surface area (Å²) in [6.07, 6.45) is 1.48.